The molecule has 0 aliphatic carbocycles. The van der Waals surface area contributed by atoms with Crippen molar-refractivity contribution < 1.29 is 28.6 Å². The van der Waals surface area contributed by atoms with Crippen LogP contribution in [0.2, 0.25) is 0 Å². The fourth-order valence-corrected chi connectivity index (χ4v) is 2.26. The van der Waals surface area contributed by atoms with Crippen LogP contribution in [0.5, 0.6) is 23.5 Å². The minimum absolute atomic E-state index is 0.0634. The van der Waals surface area contributed by atoms with E-state index in [0.717, 1.165) is 0 Å². The lowest BCUT2D eigenvalue weighted by molar-refractivity contribution is 0.0597. The van der Waals surface area contributed by atoms with E-state index in [0.29, 0.717) is 17.2 Å². The van der Waals surface area contributed by atoms with Crippen LogP contribution in [0, 0.1) is 0 Å². The molecule has 9 nitrogen and oxygen atoms in total. The van der Waals surface area contributed by atoms with Gasteiger partial charge in [0.2, 0.25) is 11.8 Å². The molecule has 0 aliphatic rings. The van der Waals surface area contributed by atoms with Crippen molar-refractivity contribution in [2.24, 2.45) is 5.16 Å². The summed E-state index contributed by atoms with van der Waals surface area (Å²) in [4.78, 5) is 25.7. The van der Waals surface area contributed by atoms with Gasteiger partial charge in [0.25, 0.3) is 0 Å². The maximum atomic E-state index is 12.4. The second kappa shape index (κ2) is 10.3. The smallest absolute Gasteiger partial charge is 0.342 e. The number of halogens is 1. The van der Waals surface area contributed by atoms with Gasteiger partial charge in [0, 0.05) is 5.56 Å². The summed E-state index contributed by atoms with van der Waals surface area (Å²) in [6.07, 6.45) is 0. The highest BCUT2D eigenvalue weighted by Gasteiger charge is 2.22. The Kier molecular flexibility index (Phi) is 7.82. The average molecular weight is 410 g/mol. The minimum Gasteiger partial charge on any atom is -0.481 e. The number of carbonyl (C=O) groups excluding carboxylic acids is 1. The first-order chi connectivity index (χ1) is 13.5. The lowest BCUT2D eigenvalue weighted by Gasteiger charge is -2.13. The molecular weight excluding hydrogens is 390 g/mol. The van der Waals surface area contributed by atoms with E-state index in [9.17, 15) is 4.79 Å². The zero-order chi connectivity index (χ0) is 20.5. The molecule has 150 valence electrons. The number of oxime groups is 1. The van der Waals surface area contributed by atoms with Crippen molar-refractivity contribution in [2.75, 3.05) is 33.8 Å². The highest BCUT2D eigenvalue weighted by atomic mass is 35.5. The number of hydrogen-bond acceptors (Lipinski definition) is 9. The van der Waals surface area contributed by atoms with E-state index in [1.165, 1.54) is 27.4 Å². The number of methoxy groups -OCH3 is 3. The normalized spacial score (nSPS) is 11.0. The Labute approximate surface area is 167 Å². The van der Waals surface area contributed by atoms with Crippen molar-refractivity contribution in [1.29, 1.82) is 0 Å². The van der Waals surface area contributed by atoms with Crippen LogP contribution >= 0.6 is 11.6 Å². The third kappa shape index (κ3) is 5.23. The Bertz CT molecular complexity index is 837. The van der Waals surface area contributed by atoms with E-state index in [-0.39, 0.29) is 35.7 Å². The number of esters is 1. The summed E-state index contributed by atoms with van der Waals surface area (Å²) in [5.41, 5.74) is 1.06. The van der Waals surface area contributed by atoms with Crippen LogP contribution in [0.15, 0.2) is 29.4 Å². The second-order valence-corrected chi connectivity index (χ2v) is 5.58. The quantitative estimate of drug-likeness (QED) is 0.205. The summed E-state index contributed by atoms with van der Waals surface area (Å²) in [5.74, 6) is 0.326. The number of alkyl halides is 1. The molecule has 0 radical (unpaired) electrons. The minimum atomic E-state index is -0.618. The third-order valence-electron chi connectivity index (χ3n) is 3.45. The van der Waals surface area contributed by atoms with Crippen LogP contribution in [0.25, 0.3) is 0 Å². The van der Waals surface area contributed by atoms with Gasteiger partial charge in [0.15, 0.2) is 0 Å². The molecule has 0 saturated carbocycles. The molecule has 2 aromatic rings. The van der Waals surface area contributed by atoms with E-state index in [1.807, 2.05) is 0 Å². The van der Waals surface area contributed by atoms with Gasteiger partial charge >= 0.3 is 12.0 Å². The number of rotatable bonds is 9. The summed E-state index contributed by atoms with van der Waals surface area (Å²) >= 11 is 5.58. The number of aromatic nitrogens is 2. The average Bonchev–Trinajstić information content (AvgIpc) is 2.72. The van der Waals surface area contributed by atoms with Gasteiger partial charge in [-0.05, 0) is 13.0 Å². The topological polar surface area (TPSA) is 101 Å². The van der Waals surface area contributed by atoms with Gasteiger partial charge in [-0.2, -0.15) is 9.97 Å². The van der Waals surface area contributed by atoms with Gasteiger partial charge in [-0.3, -0.25) is 0 Å². The maximum Gasteiger partial charge on any atom is 0.342 e. The summed E-state index contributed by atoms with van der Waals surface area (Å²) in [6.45, 7) is 1.92. The SMILES string of the molecule is COC(=O)c1c(Oc2nc(OC)cc(OC)n2)cccc1/C(C)=N\OCCCl. The van der Waals surface area contributed by atoms with E-state index in [4.69, 9.17) is 35.4 Å². The second-order valence-electron chi connectivity index (χ2n) is 5.21. The van der Waals surface area contributed by atoms with Gasteiger partial charge < -0.3 is 23.8 Å². The highest BCUT2D eigenvalue weighted by Crippen LogP contribution is 2.29. The molecule has 0 N–H and O–H groups in total. The zero-order valence-corrected chi connectivity index (χ0v) is 16.6. The summed E-state index contributed by atoms with van der Waals surface area (Å²) in [5, 5.41) is 3.96. The largest absolute Gasteiger partial charge is 0.481 e. The van der Waals surface area contributed by atoms with Crippen LogP contribution in [0.1, 0.15) is 22.8 Å². The Morgan fingerprint density at radius 2 is 1.82 bits per heavy atom. The molecule has 0 unspecified atom stereocenters. The van der Waals surface area contributed by atoms with Crippen LogP contribution in [0.4, 0.5) is 0 Å². The lowest BCUT2D eigenvalue weighted by Crippen LogP contribution is -2.12. The maximum absolute atomic E-state index is 12.4. The molecule has 0 spiro atoms. The van der Waals surface area contributed by atoms with E-state index < -0.39 is 5.97 Å². The molecule has 1 aromatic heterocycles. The summed E-state index contributed by atoms with van der Waals surface area (Å²) < 4.78 is 20.8. The Morgan fingerprint density at radius 1 is 1.14 bits per heavy atom. The molecule has 0 atom stereocenters. The van der Waals surface area contributed by atoms with Crippen molar-refractivity contribution in [2.45, 2.75) is 6.92 Å². The van der Waals surface area contributed by atoms with Gasteiger partial charge in [0.1, 0.15) is 17.9 Å². The Balaban J connectivity index is 2.48. The Morgan fingerprint density at radius 3 is 2.39 bits per heavy atom. The molecule has 0 saturated heterocycles. The molecule has 10 heteroatoms. The fraction of sp³-hybridized carbons (Fsp3) is 0.333. The molecule has 2 rings (SSSR count). The van der Waals surface area contributed by atoms with E-state index in [1.54, 1.807) is 25.1 Å². The number of ether oxygens (including phenoxy) is 4. The van der Waals surface area contributed by atoms with Gasteiger partial charge in [0.05, 0.1) is 39.0 Å². The molecule has 0 bridgehead atoms. The highest BCUT2D eigenvalue weighted by molar-refractivity contribution is 6.18. The standard InChI is InChI=1S/C18H20ClN3O6/c1-11(22-27-9-8-19)12-6-5-7-13(16(12)17(23)26-4)28-18-20-14(24-2)10-15(21-18)25-3/h5-7,10H,8-9H2,1-4H3/b22-11-. The third-order valence-corrected chi connectivity index (χ3v) is 3.61. The summed E-state index contributed by atoms with van der Waals surface area (Å²) in [6, 6.07) is 6.39. The van der Waals surface area contributed by atoms with Gasteiger partial charge in [-0.1, -0.05) is 17.3 Å². The molecule has 0 aliphatic heterocycles. The first-order valence-electron chi connectivity index (χ1n) is 8.13. The number of benzene rings is 1. The van der Waals surface area contributed by atoms with Crippen LogP contribution in [-0.4, -0.2) is 55.5 Å². The number of nitrogens with zero attached hydrogens (tertiary/aromatic N) is 3. The van der Waals surface area contributed by atoms with Crippen molar-refractivity contribution >= 4 is 23.3 Å². The lowest BCUT2D eigenvalue weighted by atomic mass is 10.0. The van der Waals surface area contributed by atoms with Crippen molar-refractivity contribution in [3.05, 3.63) is 35.4 Å². The summed E-state index contributed by atoms with van der Waals surface area (Å²) in [7, 11) is 4.17. The zero-order valence-electron chi connectivity index (χ0n) is 15.9. The van der Waals surface area contributed by atoms with Gasteiger partial charge in [-0.15, -0.1) is 11.6 Å². The molecule has 28 heavy (non-hydrogen) atoms. The predicted octanol–water partition coefficient (Wildman–Crippen LogP) is 3.05. The van der Waals surface area contributed by atoms with Crippen LogP contribution < -0.4 is 14.2 Å². The predicted molar refractivity (Wildman–Crippen MR) is 102 cm³/mol. The Hall–Kier alpha value is -3.07. The van der Waals surface area contributed by atoms with Crippen molar-refractivity contribution in [3.63, 3.8) is 0 Å². The van der Waals surface area contributed by atoms with Crippen molar-refractivity contribution in [1.82, 2.24) is 9.97 Å². The molecule has 1 heterocycles. The first-order valence-corrected chi connectivity index (χ1v) is 8.66. The van der Waals surface area contributed by atoms with E-state index in [2.05, 4.69) is 15.1 Å². The van der Waals surface area contributed by atoms with Crippen LogP contribution in [-0.2, 0) is 9.57 Å². The monoisotopic (exact) mass is 409 g/mol. The molecule has 0 amide bonds. The molecular formula is C18H20ClN3O6. The molecule has 0 fully saturated rings. The number of hydrogen-bond donors (Lipinski definition) is 0. The van der Waals surface area contributed by atoms with Gasteiger partial charge in [-0.25, -0.2) is 4.79 Å². The van der Waals surface area contributed by atoms with E-state index >= 15 is 0 Å². The first kappa shape index (κ1) is 21.2. The van der Waals surface area contributed by atoms with Crippen LogP contribution in [0.3, 0.4) is 0 Å². The van der Waals surface area contributed by atoms with Crippen molar-refractivity contribution in [3.8, 4) is 23.5 Å². The fourth-order valence-electron chi connectivity index (χ4n) is 2.19. The number of carbonyl (C=O) groups is 1. The molecule has 1 aromatic carbocycles.